The maximum absolute atomic E-state index is 14.7. The van der Waals surface area contributed by atoms with E-state index in [0.717, 1.165) is 56.2 Å². The Kier molecular flexibility index (Phi) is 5.28. The first-order chi connectivity index (χ1) is 13.3. The fraction of sp³-hybridized carbons (Fsp3) is 0.500. The number of sulfonamides is 1. The Balaban J connectivity index is 1.58. The molecule has 1 atom stereocenters. The molecule has 2 aromatic rings. The van der Waals surface area contributed by atoms with E-state index in [1.54, 1.807) is 5.38 Å². The van der Waals surface area contributed by atoms with Gasteiger partial charge in [-0.2, -0.15) is 0 Å². The first-order valence-electron chi connectivity index (χ1n) is 9.25. The van der Waals surface area contributed by atoms with E-state index in [9.17, 15) is 12.8 Å². The maximum atomic E-state index is 14.7. The minimum absolute atomic E-state index is 0.0664. The van der Waals surface area contributed by atoms with E-state index in [1.807, 2.05) is 0 Å². The molecule has 28 heavy (non-hydrogen) atoms. The lowest BCUT2D eigenvalue weighted by Gasteiger charge is -2.39. The summed E-state index contributed by atoms with van der Waals surface area (Å²) in [6.45, 7) is 4.27. The SMILES string of the molecule is CC(Nc1cc(F)c(S(=O)(=O)Nc2nccs2)cc1Cl)C12CCCN1CCC2. The molecular formula is C18H22ClFN4O2S2. The van der Waals surface area contributed by atoms with E-state index < -0.39 is 20.7 Å². The normalized spacial score (nSPS) is 20.1. The summed E-state index contributed by atoms with van der Waals surface area (Å²) in [6, 6.07) is 2.39. The molecule has 10 heteroatoms. The van der Waals surface area contributed by atoms with Gasteiger partial charge < -0.3 is 5.32 Å². The molecule has 152 valence electrons. The minimum atomic E-state index is -4.11. The van der Waals surface area contributed by atoms with Gasteiger partial charge in [-0.25, -0.2) is 17.8 Å². The van der Waals surface area contributed by atoms with Gasteiger partial charge in [0.2, 0.25) is 0 Å². The van der Waals surface area contributed by atoms with Crippen LogP contribution < -0.4 is 10.0 Å². The number of nitrogens with one attached hydrogen (secondary N) is 2. The van der Waals surface area contributed by atoms with Gasteiger partial charge in [0, 0.05) is 23.2 Å². The predicted octanol–water partition coefficient (Wildman–Crippen LogP) is 4.17. The Bertz CT molecular complexity index is 958. The average Bonchev–Trinajstić information content (AvgIpc) is 3.33. The number of fused-ring (bicyclic) bond motifs is 1. The Labute approximate surface area is 173 Å². The number of thiazole rings is 1. The third-order valence-electron chi connectivity index (χ3n) is 5.85. The van der Waals surface area contributed by atoms with Gasteiger partial charge in [-0.05, 0) is 57.8 Å². The third-order valence-corrected chi connectivity index (χ3v) is 8.33. The summed E-state index contributed by atoms with van der Waals surface area (Å²) in [7, 11) is -4.11. The molecule has 2 aliphatic rings. The van der Waals surface area contributed by atoms with Crippen molar-refractivity contribution in [1.82, 2.24) is 9.88 Å². The van der Waals surface area contributed by atoms with Crippen LogP contribution in [0.4, 0.5) is 15.2 Å². The van der Waals surface area contributed by atoms with Crippen LogP contribution in [0.15, 0.2) is 28.6 Å². The molecule has 1 aromatic heterocycles. The van der Waals surface area contributed by atoms with Crippen LogP contribution in [0.3, 0.4) is 0 Å². The van der Waals surface area contributed by atoms with E-state index in [1.165, 1.54) is 12.3 Å². The lowest BCUT2D eigenvalue weighted by atomic mass is 9.86. The minimum Gasteiger partial charge on any atom is -0.379 e. The molecule has 1 unspecified atom stereocenters. The fourth-order valence-corrected chi connectivity index (χ4v) is 6.67. The van der Waals surface area contributed by atoms with Crippen LogP contribution in [-0.2, 0) is 10.0 Å². The highest BCUT2D eigenvalue weighted by molar-refractivity contribution is 7.93. The van der Waals surface area contributed by atoms with Gasteiger partial charge in [-0.15, -0.1) is 11.3 Å². The van der Waals surface area contributed by atoms with Gasteiger partial charge in [0.15, 0.2) is 5.13 Å². The highest BCUT2D eigenvalue weighted by atomic mass is 35.5. The zero-order valence-corrected chi connectivity index (χ0v) is 17.8. The van der Waals surface area contributed by atoms with Gasteiger partial charge in [0.05, 0.1) is 10.7 Å². The molecule has 0 bridgehead atoms. The number of anilines is 2. The van der Waals surface area contributed by atoms with Crippen molar-refractivity contribution in [3.8, 4) is 0 Å². The number of rotatable bonds is 6. The monoisotopic (exact) mass is 444 g/mol. The largest absolute Gasteiger partial charge is 0.379 e. The van der Waals surface area contributed by atoms with Gasteiger partial charge >= 0.3 is 0 Å². The molecule has 0 amide bonds. The zero-order valence-electron chi connectivity index (χ0n) is 15.4. The van der Waals surface area contributed by atoms with Crippen molar-refractivity contribution in [1.29, 1.82) is 0 Å². The van der Waals surface area contributed by atoms with E-state index in [2.05, 4.69) is 26.8 Å². The first-order valence-corrected chi connectivity index (χ1v) is 12.0. The lowest BCUT2D eigenvalue weighted by Crippen LogP contribution is -2.50. The van der Waals surface area contributed by atoms with Crippen molar-refractivity contribution in [3.05, 3.63) is 34.5 Å². The van der Waals surface area contributed by atoms with Crippen LogP contribution in [0.2, 0.25) is 5.02 Å². The quantitative estimate of drug-likeness (QED) is 0.699. The standard InChI is InChI=1S/C18H22ClFN4O2S2/c1-12(18-4-2-7-24(18)8-3-5-18)22-15-11-14(20)16(10-13(15)19)28(25,26)23-17-21-6-9-27-17/h6,9-12,22H,2-5,7-8H2,1H3,(H,21,23). The van der Waals surface area contributed by atoms with Crippen molar-refractivity contribution in [2.75, 3.05) is 23.1 Å². The molecule has 2 N–H and O–H groups in total. The Morgan fingerprint density at radius 3 is 2.68 bits per heavy atom. The first kappa shape index (κ1) is 19.9. The van der Waals surface area contributed by atoms with Crippen molar-refractivity contribution in [2.24, 2.45) is 0 Å². The summed E-state index contributed by atoms with van der Waals surface area (Å²) < 4.78 is 42.0. The molecule has 0 aliphatic carbocycles. The third kappa shape index (κ3) is 3.49. The molecule has 2 saturated heterocycles. The van der Waals surface area contributed by atoms with E-state index in [-0.39, 0.29) is 21.7 Å². The summed E-state index contributed by atoms with van der Waals surface area (Å²) >= 11 is 7.45. The van der Waals surface area contributed by atoms with Crippen molar-refractivity contribution >= 4 is 43.8 Å². The number of hydrogen-bond acceptors (Lipinski definition) is 6. The van der Waals surface area contributed by atoms with Crippen molar-refractivity contribution in [2.45, 2.75) is 49.1 Å². The number of nitrogens with zero attached hydrogens (tertiary/aromatic N) is 2. The molecule has 1 aromatic carbocycles. The van der Waals surface area contributed by atoms with E-state index in [0.29, 0.717) is 5.69 Å². The van der Waals surface area contributed by atoms with Crippen LogP contribution in [-0.4, -0.2) is 43.0 Å². The fourth-order valence-electron chi connectivity index (χ4n) is 4.51. The highest BCUT2D eigenvalue weighted by Gasteiger charge is 2.48. The number of benzene rings is 1. The Hall–Kier alpha value is -1.42. The zero-order chi connectivity index (χ0) is 19.9. The summed E-state index contributed by atoms with van der Waals surface area (Å²) in [5, 5.41) is 5.32. The van der Waals surface area contributed by atoms with Gasteiger partial charge in [0.1, 0.15) is 10.7 Å². The second kappa shape index (κ2) is 7.44. The maximum Gasteiger partial charge on any atom is 0.266 e. The van der Waals surface area contributed by atoms with E-state index >= 15 is 0 Å². The van der Waals surface area contributed by atoms with Crippen LogP contribution >= 0.6 is 22.9 Å². The molecule has 4 rings (SSSR count). The molecule has 2 aliphatic heterocycles. The molecule has 2 fully saturated rings. The summed E-state index contributed by atoms with van der Waals surface area (Å²) in [6.07, 6.45) is 5.99. The summed E-state index contributed by atoms with van der Waals surface area (Å²) in [5.74, 6) is -0.852. The topological polar surface area (TPSA) is 74.3 Å². The van der Waals surface area contributed by atoms with Crippen LogP contribution in [0.25, 0.3) is 0 Å². The molecule has 6 nitrogen and oxygen atoms in total. The number of hydrogen-bond donors (Lipinski definition) is 2. The summed E-state index contributed by atoms with van der Waals surface area (Å²) in [5.41, 5.74) is 0.477. The second-order valence-electron chi connectivity index (χ2n) is 7.37. The second-order valence-corrected chi connectivity index (χ2v) is 10.3. The smallest absolute Gasteiger partial charge is 0.266 e. The van der Waals surface area contributed by atoms with Gasteiger partial charge in [-0.3, -0.25) is 9.62 Å². The lowest BCUT2D eigenvalue weighted by molar-refractivity contribution is 0.174. The molecule has 0 radical (unpaired) electrons. The van der Waals surface area contributed by atoms with E-state index in [4.69, 9.17) is 11.6 Å². The van der Waals surface area contributed by atoms with Crippen molar-refractivity contribution < 1.29 is 12.8 Å². The number of aromatic nitrogens is 1. The molecule has 3 heterocycles. The molecule has 0 spiro atoms. The summed E-state index contributed by atoms with van der Waals surface area (Å²) in [4.78, 5) is 5.88. The number of halogens is 2. The van der Waals surface area contributed by atoms with Gasteiger partial charge in [0.25, 0.3) is 10.0 Å². The highest BCUT2D eigenvalue weighted by Crippen LogP contribution is 2.43. The average molecular weight is 445 g/mol. The van der Waals surface area contributed by atoms with Crippen LogP contribution in [0.5, 0.6) is 0 Å². The van der Waals surface area contributed by atoms with Crippen LogP contribution in [0, 0.1) is 5.82 Å². The predicted molar refractivity (Wildman–Crippen MR) is 110 cm³/mol. The Morgan fingerprint density at radius 2 is 2.04 bits per heavy atom. The van der Waals surface area contributed by atoms with Gasteiger partial charge in [-0.1, -0.05) is 11.6 Å². The molecular weight excluding hydrogens is 423 g/mol. The van der Waals surface area contributed by atoms with Crippen molar-refractivity contribution in [3.63, 3.8) is 0 Å². The molecule has 0 saturated carbocycles. The van der Waals surface area contributed by atoms with Crippen LogP contribution in [0.1, 0.15) is 32.6 Å². The Morgan fingerprint density at radius 1 is 1.32 bits per heavy atom.